The molecule has 8 nitrogen and oxygen atoms in total. The maximum atomic E-state index is 12.5. The summed E-state index contributed by atoms with van der Waals surface area (Å²) < 4.78 is 10.6. The Labute approximate surface area is 164 Å². The van der Waals surface area contributed by atoms with Gasteiger partial charge in [-0.2, -0.15) is 0 Å². The van der Waals surface area contributed by atoms with Crippen molar-refractivity contribution < 1.29 is 29.0 Å². The van der Waals surface area contributed by atoms with Crippen LogP contribution in [0, 0.1) is 5.41 Å². The summed E-state index contributed by atoms with van der Waals surface area (Å²) in [5, 5.41) is 12.3. The Kier molecular flexibility index (Phi) is 6.53. The molecule has 1 saturated heterocycles. The lowest BCUT2D eigenvalue weighted by Gasteiger charge is -2.41. The van der Waals surface area contributed by atoms with Crippen molar-refractivity contribution in [2.75, 3.05) is 13.1 Å². The largest absolute Gasteiger partial charge is 0.481 e. The molecule has 2 N–H and O–H groups in total. The van der Waals surface area contributed by atoms with E-state index in [9.17, 15) is 19.5 Å². The van der Waals surface area contributed by atoms with Crippen molar-refractivity contribution in [2.24, 2.45) is 5.41 Å². The zero-order valence-electron chi connectivity index (χ0n) is 16.7. The van der Waals surface area contributed by atoms with Crippen LogP contribution in [0.5, 0.6) is 0 Å². The van der Waals surface area contributed by atoms with E-state index in [1.807, 2.05) is 30.3 Å². The van der Waals surface area contributed by atoms with Gasteiger partial charge in [-0.05, 0) is 39.7 Å². The van der Waals surface area contributed by atoms with E-state index in [1.165, 1.54) is 4.90 Å². The fourth-order valence-electron chi connectivity index (χ4n) is 3.10. The Balaban J connectivity index is 2.04. The number of amides is 2. The van der Waals surface area contributed by atoms with Gasteiger partial charge in [0, 0.05) is 13.1 Å². The van der Waals surface area contributed by atoms with Crippen LogP contribution < -0.4 is 5.32 Å². The number of hydrogen-bond donors (Lipinski definition) is 2. The average molecular weight is 392 g/mol. The first-order chi connectivity index (χ1) is 13.0. The van der Waals surface area contributed by atoms with Crippen LogP contribution in [0.3, 0.4) is 0 Å². The summed E-state index contributed by atoms with van der Waals surface area (Å²) in [5.74, 6) is -1.04. The van der Waals surface area contributed by atoms with E-state index in [-0.39, 0.29) is 26.1 Å². The molecule has 0 bridgehead atoms. The lowest BCUT2D eigenvalue weighted by Crippen LogP contribution is -2.58. The number of alkyl carbamates (subject to hydrolysis) is 1. The minimum atomic E-state index is -1.20. The lowest BCUT2D eigenvalue weighted by atomic mass is 9.80. The highest BCUT2D eigenvalue weighted by molar-refractivity contribution is 5.77. The van der Waals surface area contributed by atoms with Gasteiger partial charge in [0.15, 0.2) is 0 Å². The van der Waals surface area contributed by atoms with Gasteiger partial charge in [-0.3, -0.25) is 4.79 Å². The first-order valence-electron chi connectivity index (χ1n) is 9.17. The molecule has 28 heavy (non-hydrogen) atoms. The number of carboxylic acid groups (broad SMARTS) is 1. The van der Waals surface area contributed by atoms with Crippen LogP contribution >= 0.6 is 0 Å². The average Bonchev–Trinajstić information content (AvgIpc) is 2.58. The molecule has 8 heteroatoms. The molecule has 154 valence electrons. The van der Waals surface area contributed by atoms with Crippen molar-refractivity contribution in [3.05, 3.63) is 35.9 Å². The van der Waals surface area contributed by atoms with Crippen LogP contribution in [0.2, 0.25) is 0 Å². The standard InChI is InChI=1S/C20H28N2O6/c1-19(2,3)28-17(25)21-15-10-20(4,16(23)24)13-22(11-15)18(26)27-12-14-8-6-5-7-9-14/h5-9,15H,10-13H2,1-4H3,(H,21,25)(H,23,24)/t15-,20-/m0/s1. The Morgan fingerprint density at radius 1 is 1.25 bits per heavy atom. The number of nitrogens with one attached hydrogen (secondary N) is 1. The van der Waals surface area contributed by atoms with E-state index in [4.69, 9.17) is 9.47 Å². The molecule has 1 fully saturated rings. The maximum Gasteiger partial charge on any atom is 0.410 e. The summed E-state index contributed by atoms with van der Waals surface area (Å²) in [6.45, 7) is 7.00. The lowest BCUT2D eigenvalue weighted by molar-refractivity contribution is -0.151. The number of carboxylic acids is 1. The molecule has 1 aliphatic heterocycles. The number of rotatable bonds is 4. The molecule has 0 unspecified atom stereocenters. The summed E-state index contributed by atoms with van der Waals surface area (Å²) in [5.41, 5.74) is -1.05. The predicted molar refractivity (Wildman–Crippen MR) is 102 cm³/mol. The molecule has 0 spiro atoms. The summed E-state index contributed by atoms with van der Waals surface area (Å²) in [7, 11) is 0. The summed E-state index contributed by atoms with van der Waals surface area (Å²) >= 11 is 0. The minimum Gasteiger partial charge on any atom is -0.481 e. The molecule has 1 aromatic rings. The molecule has 0 radical (unpaired) electrons. The van der Waals surface area contributed by atoms with Gasteiger partial charge in [-0.15, -0.1) is 0 Å². The SMILES string of the molecule is CC(C)(C)OC(=O)N[C@@H]1CN(C(=O)OCc2ccccc2)C[C@@](C)(C(=O)O)C1. The number of nitrogens with zero attached hydrogens (tertiary/aromatic N) is 1. The topological polar surface area (TPSA) is 105 Å². The molecule has 1 heterocycles. The zero-order valence-corrected chi connectivity index (χ0v) is 16.7. The molecule has 1 aliphatic rings. The van der Waals surface area contributed by atoms with Crippen molar-refractivity contribution >= 4 is 18.2 Å². The maximum absolute atomic E-state index is 12.5. The highest BCUT2D eigenvalue weighted by Crippen LogP contribution is 2.30. The number of carbonyl (C=O) groups is 3. The highest BCUT2D eigenvalue weighted by Gasteiger charge is 2.44. The van der Waals surface area contributed by atoms with Crippen LogP contribution in [0.25, 0.3) is 0 Å². The van der Waals surface area contributed by atoms with Crippen LogP contribution in [-0.2, 0) is 20.9 Å². The van der Waals surface area contributed by atoms with Crippen LogP contribution in [0.15, 0.2) is 30.3 Å². The Bertz CT molecular complexity index is 715. The molecular formula is C20H28N2O6. The quantitative estimate of drug-likeness (QED) is 0.816. The number of hydrogen-bond acceptors (Lipinski definition) is 5. The Hall–Kier alpha value is -2.77. The van der Waals surface area contributed by atoms with Crippen molar-refractivity contribution in [2.45, 2.75) is 52.4 Å². The third-order valence-electron chi connectivity index (χ3n) is 4.38. The normalized spacial score (nSPS) is 22.3. The van der Waals surface area contributed by atoms with Gasteiger partial charge in [-0.25, -0.2) is 9.59 Å². The van der Waals surface area contributed by atoms with Gasteiger partial charge in [-0.1, -0.05) is 30.3 Å². The molecule has 2 rings (SSSR count). The smallest absolute Gasteiger partial charge is 0.410 e. The van der Waals surface area contributed by atoms with E-state index in [2.05, 4.69) is 5.32 Å². The second-order valence-corrected chi connectivity index (χ2v) is 8.33. The van der Waals surface area contributed by atoms with Crippen LogP contribution in [0.4, 0.5) is 9.59 Å². The van der Waals surface area contributed by atoms with Crippen molar-refractivity contribution in [3.8, 4) is 0 Å². The predicted octanol–water partition coefficient (Wildman–Crippen LogP) is 3.01. The van der Waals surface area contributed by atoms with Crippen molar-refractivity contribution in [1.82, 2.24) is 10.2 Å². The van der Waals surface area contributed by atoms with Gasteiger partial charge in [0.05, 0.1) is 11.5 Å². The van der Waals surface area contributed by atoms with E-state index < -0.39 is 35.2 Å². The van der Waals surface area contributed by atoms with Gasteiger partial charge < -0.3 is 24.8 Å². The first kappa shape index (κ1) is 21.5. The summed E-state index contributed by atoms with van der Waals surface area (Å²) in [6, 6.07) is 8.64. The minimum absolute atomic E-state index is 0.00244. The molecule has 1 aromatic carbocycles. The van der Waals surface area contributed by atoms with E-state index in [0.717, 1.165) is 5.56 Å². The third-order valence-corrected chi connectivity index (χ3v) is 4.38. The zero-order chi connectivity index (χ0) is 20.9. The van der Waals surface area contributed by atoms with E-state index in [1.54, 1.807) is 27.7 Å². The van der Waals surface area contributed by atoms with Crippen LogP contribution in [0.1, 0.15) is 39.7 Å². The fourth-order valence-corrected chi connectivity index (χ4v) is 3.10. The van der Waals surface area contributed by atoms with E-state index >= 15 is 0 Å². The van der Waals surface area contributed by atoms with Gasteiger partial charge in [0.2, 0.25) is 0 Å². The molecule has 0 aromatic heterocycles. The number of likely N-dealkylation sites (tertiary alicyclic amines) is 1. The molecule has 2 atom stereocenters. The molecule has 0 saturated carbocycles. The van der Waals surface area contributed by atoms with Gasteiger partial charge in [0.1, 0.15) is 12.2 Å². The number of aliphatic carboxylic acids is 1. The summed E-state index contributed by atoms with van der Waals surface area (Å²) in [4.78, 5) is 37.7. The summed E-state index contributed by atoms with van der Waals surface area (Å²) in [6.07, 6.45) is -1.08. The van der Waals surface area contributed by atoms with Gasteiger partial charge in [0.25, 0.3) is 0 Å². The molecular weight excluding hydrogens is 364 g/mol. The number of benzene rings is 1. The Morgan fingerprint density at radius 3 is 2.46 bits per heavy atom. The molecule has 2 amide bonds. The van der Waals surface area contributed by atoms with Crippen LogP contribution in [-0.4, -0.2) is 52.9 Å². The van der Waals surface area contributed by atoms with Gasteiger partial charge >= 0.3 is 18.2 Å². The van der Waals surface area contributed by atoms with Crippen molar-refractivity contribution in [3.63, 3.8) is 0 Å². The fraction of sp³-hybridized carbons (Fsp3) is 0.550. The second kappa shape index (κ2) is 8.50. The second-order valence-electron chi connectivity index (χ2n) is 8.33. The number of carbonyl (C=O) groups excluding carboxylic acids is 2. The Morgan fingerprint density at radius 2 is 1.89 bits per heavy atom. The number of piperidine rings is 1. The molecule has 0 aliphatic carbocycles. The number of ether oxygens (including phenoxy) is 2. The highest BCUT2D eigenvalue weighted by atomic mass is 16.6. The first-order valence-corrected chi connectivity index (χ1v) is 9.17. The van der Waals surface area contributed by atoms with E-state index in [0.29, 0.717) is 0 Å². The third kappa shape index (κ3) is 6.14. The van der Waals surface area contributed by atoms with Crippen molar-refractivity contribution in [1.29, 1.82) is 0 Å². The monoisotopic (exact) mass is 392 g/mol.